The van der Waals surface area contributed by atoms with Gasteiger partial charge in [-0.05, 0) is 99.6 Å². The number of pyridine rings is 8. The van der Waals surface area contributed by atoms with E-state index in [1.165, 1.54) is 50.1 Å². The van der Waals surface area contributed by atoms with Crippen LogP contribution in [-0.4, -0.2) is 39.9 Å². The predicted octanol–water partition coefficient (Wildman–Crippen LogP) is 26.6. The molecule has 0 atom stereocenters. The number of hydrogen-bond donors (Lipinski definition) is 0. The van der Waals surface area contributed by atoms with Crippen molar-refractivity contribution in [2.45, 2.75) is 27.7 Å². The maximum absolute atomic E-state index is 4.40. The Labute approximate surface area is 773 Å². The van der Waals surface area contributed by atoms with E-state index in [9.17, 15) is 0 Å². The Morgan fingerprint density at radius 1 is 0.172 bits per heavy atom. The molecule has 0 amide bonds. The smallest absolute Gasteiger partial charge is 0.0160 e. The molecule has 0 aliphatic heterocycles. The molecule has 122 heavy (non-hydrogen) atoms. The molecule has 4 radical (unpaired) electrons. The molecule has 8 aromatic heterocycles. The van der Waals surface area contributed by atoms with Crippen molar-refractivity contribution in [2.75, 3.05) is 0 Å². The summed E-state index contributed by atoms with van der Waals surface area (Å²) in [6, 6.07) is 154. The number of rotatable bonds is 11. The van der Waals surface area contributed by atoms with Crippen molar-refractivity contribution >= 4 is 0 Å². The summed E-state index contributed by atoms with van der Waals surface area (Å²) in [5, 5.41) is 0. The SMILES string of the molecule is Cc1cc[c-]c(-c2ccccn2)c1.Cc1cc[c-]c(-c2ccccn2)c1.Cc1cc[c-]c(-c2ccccn2)c1.Cc1cc[c-]c(-c2ccccn2)c1.[Ir].[Ir].[Ir].[Ir].[c-]1cc(-c2ccccc2)ccc1-c1ccccn1.[c-]1ccc(-c2ccccc2)cc1-c1ccccn1.[c-]1cccc(-c2ccccc2)c1-c1ccccn1.[c-]1ccccc1-c1ccccn1. The fourth-order valence-corrected chi connectivity index (χ4v) is 12.0. The Bertz CT molecular complexity index is 5520. The van der Waals surface area contributed by atoms with Crippen LogP contribution in [0.2, 0.25) is 0 Å². The molecule has 8 heterocycles. The summed E-state index contributed by atoms with van der Waals surface area (Å²) in [5.41, 5.74) is 28.2. The van der Waals surface area contributed by atoms with E-state index in [0.29, 0.717) is 0 Å². The molecule has 0 fully saturated rings. The minimum Gasteiger partial charge on any atom is -0.305 e. The van der Waals surface area contributed by atoms with Crippen molar-refractivity contribution in [3.8, 4) is 123 Å². The Morgan fingerprint density at radius 2 is 0.451 bits per heavy atom. The third kappa shape index (κ3) is 30.8. The minimum atomic E-state index is 0. The van der Waals surface area contributed by atoms with E-state index < -0.39 is 0 Å². The van der Waals surface area contributed by atoms with Gasteiger partial charge < -0.3 is 39.9 Å². The third-order valence-corrected chi connectivity index (χ3v) is 17.8. The summed E-state index contributed by atoms with van der Waals surface area (Å²) >= 11 is 0. The van der Waals surface area contributed by atoms with Crippen molar-refractivity contribution in [3.63, 3.8) is 0 Å². The standard InChI is InChI=1S/3C17H12N.4C12H10N.C11H8N.4Ir/c1-2-8-14(9-3-1)15-10-4-5-11-16(15)17-12-6-7-13-18-17;1-2-7-14(8-3-1)15-9-6-10-16(13-15)17-11-4-5-12-18-17;1-2-6-14(7-3-1)15-9-11-16(12-10-15)17-8-4-5-13-18-17;4*1-10-5-4-6-11(9-10)12-7-2-3-8-13-12;1-2-6-10(7-3-1)11-8-4-5-9-12-11;;;;/h1-10,12-13H;1-9,11-13H;1-11,13H;4*2-5,7-9H,1H3;1-6,8-9H;;;;/q8*-1;;;;. The fourth-order valence-electron chi connectivity index (χ4n) is 12.0. The minimum absolute atomic E-state index is 0. The van der Waals surface area contributed by atoms with Crippen LogP contribution in [-0.2, 0) is 80.4 Å². The number of aryl methyl sites for hydroxylation is 4. The van der Waals surface area contributed by atoms with Crippen LogP contribution in [0.5, 0.6) is 0 Å². The number of aromatic nitrogens is 8. The second-order valence-electron chi connectivity index (χ2n) is 26.7. The van der Waals surface area contributed by atoms with E-state index in [4.69, 9.17) is 0 Å². The van der Waals surface area contributed by atoms with Crippen LogP contribution in [0.15, 0.2) is 438 Å². The van der Waals surface area contributed by atoms with Crippen LogP contribution >= 0.6 is 0 Å². The number of nitrogens with zero attached hydrogens (tertiary/aromatic N) is 8. The van der Waals surface area contributed by atoms with E-state index in [0.717, 1.165) is 95.6 Å². The topological polar surface area (TPSA) is 103 Å². The second kappa shape index (κ2) is 53.0. The molecule has 0 aliphatic rings. The van der Waals surface area contributed by atoms with E-state index in [2.05, 4.69) is 207 Å². The summed E-state index contributed by atoms with van der Waals surface area (Å²) in [6.07, 6.45) is 14.4. The molecule has 19 rings (SSSR count). The predicted molar refractivity (Wildman–Crippen MR) is 483 cm³/mol. The average molecular weight is 2290 g/mol. The van der Waals surface area contributed by atoms with E-state index >= 15 is 0 Å². The van der Waals surface area contributed by atoms with Crippen LogP contribution in [0.25, 0.3) is 123 Å². The monoisotopic (exact) mass is 2290 g/mol. The third-order valence-electron chi connectivity index (χ3n) is 17.8. The van der Waals surface area contributed by atoms with E-state index in [-0.39, 0.29) is 80.4 Å². The van der Waals surface area contributed by atoms with Gasteiger partial charge in [-0.3, -0.25) is 0 Å². The summed E-state index contributed by atoms with van der Waals surface area (Å²) < 4.78 is 0. The first-order valence-corrected chi connectivity index (χ1v) is 38.6. The molecular weight excluding hydrogens is 2200 g/mol. The van der Waals surface area contributed by atoms with Gasteiger partial charge in [0.15, 0.2) is 0 Å². The van der Waals surface area contributed by atoms with Gasteiger partial charge >= 0.3 is 0 Å². The molecule has 19 aromatic rings. The maximum Gasteiger partial charge on any atom is 0.0160 e. The van der Waals surface area contributed by atoms with Gasteiger partial charge in [0.2, 0.25) is 0 Å². The molecule has 0 N–H and O–H groups in total. The molecule has 12 heteroatoms. The Kier molecular flexibility index (Phi) is 41.1. The van der Waals surface area contributed by atoms with E-state index in [1.807, 2.05) is 303 Å². The zero-order valence-electron chi connectivity index (χ0n) is 67.5. The van der Waals surface area contributed by atoms with Gasteiger partial charge in [0, 0.05) is 130 Å². The molecule has 0 spiro atoms. The molecule has 0 saturated heterocycles. The zero-order chi connectivity index (χ0) is 81.2. The first-order valence-electron chi connectivity index (χ1n) is 38.6. The van der Waals surface area contributed by atoms with Crippen molar-refractivity contribution in [1.29, 1.82) is 0 Å². The largest absolute Gasteiger partial charge is 0.305 e. The number of benzene rings is 11. The quantitative estimate of drug-likeness (QED) is 0.118. The van der Waals surface area contributed by atoms with Crippen LogP contribution in [0.4, 0.5) is 0 Å². The summed E-state index contributed by atoms with van der Waals surface area (Å²) in [7, 11) is 0. The first kappa shape index (κ1) is 94.7. The fraction of sp³-hybridized carbons (Fsp3) is 0.0364. The van der Waals surface area contributed by atoms with Crippen molar-refractivity contribution in [3.05, 3.63) is 509 Å². The zero-order valence-corrected chi connectivity index (χ0v) is 77.1. The van der Waals surface area contributed by atoms with Gasteiger partial charge in [-0.2, -0.15) is 0 Å². The van der Waals surface area contributed by atoms with Crippen molar-refractivity contribution in [2.24, 2.45) is 0 Å². The van der Waals surface area contributed by atoms with Crippen molar-refractivity contribution in [1.82, 2.24) is 39.9 Å². The van der Waals surface area contributed by atoms with Crippen LogP contribution in [0, 0.1) is 76.2 Å². The molecule has 0 aliphatic carbocycles. The summed E-state index contributed by atoms with van der Waals surface area (Å²) in [5.74, 6) is 0. The van der Waals surface area contributed by atoms with Crippen LogP contribution < -0.4 is 0 Å². The van der Waals surface area contributed by atoms with Crippen LogP contribution in [0.3, 0.4) is 0 Å². The van der Waals surface area contributed by atoms with Crippen LogP contribution in [0.1, 0.15) is 22.3 Å². The summed E-state index contributed by atoms with van der Waals surface area (Å²) in [4.78, 5) is 34.3. The van der Waals surface area contributed by atoms with Gasteiger partial charge in [-0.15, -0.1) is 273 Å². The van der Waals surface area contributed by atoms with Crippen molar-refractivity contribution < 1.29 is 80.4 Å². The van der Waals surface area contributed by atoms with Gasteiger partial charge in [0.25, 0.3) is 0 Å². The summed E-state index contributed by atoms with van der Waals surface area (Å²) in [6.45, 7) is 8.28. The average Bonchev–Trinajstić information content (AvgIpc) is 0.827. The van der Waals surface area contributed by atoms with Gasteiger partial charge in [0.05, 0.1) is 0 Å². The Balaban J connectivity index is 0.000000173. The molecule has 0 bridgehead atoms. The first-order chi connectivity index (χ1) is 58.2. The van der Waals surface area contributed by atoms with Gasteiger partial charge in [0.1, 0.15) is 0 Å². The second-order valence-corrected chi connectivity index (χ2v) is 26.7. The van der Waals surface area contributed by atoms with Gasteiger partial charge in [-0.1, -0.05) is 238 Å². The van der Waals surface area contributed by atoms with Gasteiger partial charge in [-0.25, -0.2) is 0 Å². The molecule has 608 valence electrons. The van der Waals surface area contributed by atoms with E-state index in [1.54, 1.807) is 43.4 Å². The number of hydrogen-bond acceptors (Lipinski definition) is 8. The Hall–Kier alpha value is -12.8. The molecule has 0 saturated carbocycles. The normalized spacial score (nSPS) is 9.70. The Morgan fingerprint density at radius 3 is 0.762 bits per heavy atom. The molecule has 11 aromatic carbocycles. The molecular formula is C110H84Ir4N8-8. The maximum atomic E-state index is 4.40. The molecule has 0 unspecified atom stereocenters. The molecule has 8 nitrogen and oxygen atoms in total.